The molecule has 3 unspecified atom stereocenters. The molecule has 0 aromatic rings. The molecule has 1 heterocycles. The van der Waals surface area contributed by atoms with Gasteiger partial charge in [-0.2, -0.15) is 0 Å². The molecular formula is C13H21NO2. The van der Waals surface area contributed by atoms with Crippen molar-refractivity contribution in [2.75, 3.05) is 19.6 Å². The first kappa shape index (κ1) is 10.6. The minimum atomic E-state index is -0.635. The average Bonchev–Trinajstić information content (AvgIpc) is 2.74. The lowest BCUT2D eigenvalue weighted by molar-refractivity contribution is -0.139. The summed E-state index contributed by atoms with van der Waals surface area (Å²) in [5.41, 5.74) is 0. The highest BCUT2D eigenvalue weighted by molar-refractivity contribution is 5.67. The van der Waals surface area contributed by atoms with E-state index in [1.807, 2.05) is 0 Å². The number of carboxylic acids is 1. The molecule has 3 aliphatic rings. The molecule has 0 aromatic carbocycles. The van der Waals surface area contributed by atoms with Crippen LogP contribution in [0.15, 0.2) is 0 Å². The quantitative estimate of drug-likeness (QED) is 0.790. The molecule has 0 aromatic heterocycles. The zero-order valence-electron chi connectivity index (χ0n) is 9.77. The lowest BCUT2D eigenvalue weighted by atomic mass is 9.86. The lowest BCUT2D eigenvalue weighted by Crippen LogP contribution is -2.49. The van der Waals surface area contributed by atoms with Gasteiger partial charge in [-0.25, -0.2) is 0 Å². The highest BCUT2D eigenvalue weighted by atomic mass is 16.4. The van der Waals surface area contributed by atoms with E-state index in [-0.39, 0.29) is 0 Å². The maximum atomic E-state index is 10.5. The van der Waals surface area contributed by atoms with E-state index in [9.17, 15) is 4.79 Å². The van der Waals surface area contributed by atoms with Crippen molar-refractivity contribution in [1.82, 2.24) is 4.90 Å². The fourth-order valence-corrected chi connectivity index (χ4v) is 4.13. The van der Waals surface area contributed by atoms with Crippen LogP contribution in [0.5, 0.6) is 0 Å². The third kappa shape index (κ3) is 1.97. The second-order valence-electron chi connectivity index (χ2n) is 6.12. The number of hydrogen-bond donors (Lipinski definition) is 1. The maximum absolute atomic E-state index is 10.5. The van der Waals surface area contributed by atoms with E-state index in [0.29, 0.717) is 12.3 Å². The first-order valence-electron chi connectivity index (χ1n) is 6.65. The molecule has 3 nitrogen and oxygen atoms in total. The Hall–Kier alpha value is -0.570. The van der Waals surface area contributed by atoms with Gasteiger partial charge in [-0.05, 0) is 42.9 Å². The highest BCUT2D eigenvalue weighted by Gasteiger charge is 2.41. The number of carbonyl (C=O) groups is 1. The topological polar surface area (TPSA) is 40.5 Å². The molecule has 3 heteroatoms. The van der Waals surface area contributed by atoms with Crippen molar-refractivity contribution in [3.63, 3.8) is 0 Å². The van der Waals surface area contributed by atoms with Crippen molar-refractivity contribution in [3.05, 3.63) is 0 Å². The summed E-state index contributed by atoms with van der Waals surface area (Å²) in [6, 6.07) is 0. The molecule has 3 rings (SSSR count). The van der Waals surface area contributed by atoms with E-state index in [2.05, 4.69) is 4.90 Å². The summed E-state index contributed by atoms with van der Waals surface area (Å²) in [7, 11) is 0. The maximum Gasteiger partial charge on any atom is 0.303 e. The van der Waals surface area contributed by atoms with Crippen LogP contribution in [0.1, 0.15) is 32.1 Å². The van der Waals surface area contributed by atoms with Crippen LogP contribution in [-0.4, -0.2) is 35.6 Å². The van der Waals surface area contributed by atoms with Crippen LogP contribution >= 0.6 is 0 Å². The Morgan fingerprint density at radius 2 is 2.06 bits per heavy atom. The number of hydrogen-bond acceptors (Lipinski definition) is 2. The van der Waals surface area contributed by atoms with Gasteiger partial charge in [0.1, 0.15) is 0 Å². The summed E-state index contributed by atoms with van der Waals surface area (Å²) >= 11 is 0. The summed E-state index contributed by atoms with van der Waals surface area (Å²) in [6.07, 6.45) is 6.24. The fraction of sp³-hybridized carbons (Fsp3) is 0.923. The van der Waals surface area contributed by atoms with Gasteiger partial charge < -0.3 is 10.0 Å². The monoisotopic (exact) mass is 223 g/mol. The molecule has 3 fully saturated rings. The lowest BCUT2D eigenvalue weighted by Gasteiger charge is -2.41. The van der Waals surface area contributed by atoms with E-state index >= 15 is 0 Å². The van der Waals surface area contributed by atoms with Gasteiger partial charge >= 0.3 is 5.97 Å². The van der Waals surface area contributed by atoms with Crippen molar-refractivity contribution in [3.8, 4) is 0 Å². The van der Waals surface area contributed by atoms with E-state index in [4.69, 9.17) is 5.11 Å². The predicted molar refractivity (Wildman–Crippen MR) is 61.1 cm³/mol. The van der Waals surface area contributed by atoms with Crippen molar-refractivity contribution in [2.45, 2.75) is 32.1 Å². The standard InChI is InChI=1S/C13H21NO2/c15-13(16)5-10-6-14(7-10)8-12-4-9-1-2-11(12)3-9/h9-12H,1-8H2,(H,15,16). The van der Waals surface area contributed by atoms with E-state index in [1.165, 1.54) is 32.2 Å². The number of rotatable bonds is 4. The van der Waals surface area contributed by atoms with Crippen LogP contribution in [0, 0.1) is 23.7 Å². The molecule has 0 spiro atoms. The van der Waals surface area contributed by atoms with Crippen LogP contribution in [0.2, 0.25) is 0 Å². The first-order valence-corrected chi connectivity index (χ1v) is 6.65. The molecule has 1 saturated heterocycles. The first-order chi connectivity index (χ1) is 7.70. The third-order valence-corrected chi connectivity index (χ3v) is 4.87. The van der Waals surface area contributed by atoms with Crippen molar-refractivity contribution < 1.29 is 9.90 Å². The van der Waals surface area contributed by atoms with Crippen LogP contribution in [0.25, 0.3) is 0 Å². The molecular weight excluding hydrogens is 202 g/mol. The molecule has 1 N–H and O–H groups in total. The Labute approximate surface area is 96.8 Å². The summed E-state index contributed by atoms with van der Waals surface area (Å²) in [5.74, 6) is 2.76. The number of nitrogens with zero attached hydrogens (tertiary/aromatic N) is 1. The Morgan fingerprint density at radius 1 is 1.25 bits per heavy atom. The Kier molecular flexibility index (Phi) is 2.66. The number of likely N-dealkylation sites (tertiary alicyclic amines) is 1. The number of aliphatic carboxylic acids is 1. The zero-order chi connectivity index (χ0) is 11.1. The summed E-state index contributed by atoms with van der Waals surface area (Å²) in [6.45, 7) is 3.30. The van der Waals surface area contributed by atoms with Gasteiger partial charge in [0.25, 0.3) is 0 Å². The minimum Gasteiger partial charge on any atom is -0.481 e. The largest absolute Gasteiger partial charge is 0.481 e. The van der Waals surface area contributed by atoms with Gasteiger partial charge in [0.05, 0.1) is 6.42 Å². The number of fused-ring (bicyclic) bond motifs is 2. The average molecular weight is 223 g/mol. The molecule has 0 radical (unpaired) electrons. The second kappa shape index (κ2) is 4.02. The van der Waals surface area contributed by atoms with Crippen LogP contribution < -0.4 is 0 Å². The predicted octanol–water partition coefficient (Wildman–Crippen LogP) is 1.83. The third-order valence-electron chi connectivity index (χ3n) is 4.87. The van der Waals surface area contributed by atoms with Gasteiger partial charge in [-0.3, -0.25) is 4.79 Å². The van der Waals surface area contributed by atoms with Gasteiger partial charge in [0.2, 0.25) is 0 Å². The van der Waals surface area contributed by atoms with Crippen molar-refractivity contribution in [1.29, 1.82) is 0 Å². The smallest absolute Gasteiger partial charge is 0.303 e. The van der Waals surface area contributed by atoms with Crippen LogP contribution in [0.4, 0.5) is 0 Å². The Morgan fingerprint density at radius 3 is 2.62 bits per heavy atom. The minimum absolute atomic E-state index is 0.368. The Bertz CT molecular complexity index is 286. The fourth-order valence-electron chi connectivity index (χ4n) is 4.13. The molecule has 2 saturated carbocycles. The van der Waals surface area contributed by atoms with Gasteiger partial charge in [0.15, 0.2) is 0 Å². The van der Waals surface area contributed by atoms with E-state index < -0.39 is 5.97 Å². The van der Waals surface area contributed by atoms with E-state index in [1.54, 1.807) is 0 Å². The molecule has 90 valence electrons. The molecule has 1 aliphatic heterocycles. The highest BCUT2D eigenvalue weighted by Crippen LogP contribution is 2.48. The number of carboxylic acid groups (broad SMARTS) is 1. The normalized spacial score (nSPS) is 38.9. The zero-order valence-corrected chi connectivity index (χ0v) is 9.77. The van der Waals surface area contributed by atoms with Gasteiger partial charge in [-0.15, -0.1) is 0 Å². The van der Waals surface area contributed by atoms with Gasteiger partial charge in [0, 0.05) is 19.6 Å². The second-order valence-corrected chi connectivity index (χ2v) is 6.12. The van der Waals surface area contributed by atoms with Gasteiger partial charge in [-0.1, -0.05) is 6.42 Å². The van der Waals surface area contributed by atoms with Crippen LogP contribution in [0.3, 0.4) is 0 Å². The summed E-state index contributed by atoms with van der Waals surface area (Å²) in [5, 5.41) is 8.69. The van der Waals surface area contributed by atoms with E-state index in [0.717, 1.165) is 30.8 Å². The summed E-state index contributed by atoms with van der Waals surface area (Å²) in [4.78, 5) is 13.0. The van der Waals surface area contributed by atoms with Crippen molar-refractivity contribution >= 4 is 5.97 Å². The Balaban J connectivity index is 1.40. The van der Waals surface area contributed by atoms with Crippen molar-refractivity contribution in [2.24, 2.45) is 23.7 Å². The molecule has 3 atom stereocenters. The SMILES string of the molecule is O=C(O)CC1CN(CC2CC3CCC2C3)C1. The molecule has 0 amide bonds. The van der Waals surface area contributed by atoms with Crippen LogP contribution in [-0.2, 0) is 4.79 Å². The molecule has 16 heavy (non-hydrogen) atoms. The summed E-state index contributed by atoms with van der Waals surface area (Å²) < 4.78 is 0. The molecule has 2 bridgehead atoms. The molecule has 2 aliphatic carbocycles.